The Balaban J connectivity index is 1.33. The lowest BCUT2D eigenvalue weighted by Crippen LogP contribution is -2.59. The highest BCUT2D eigenvalue weighted by Crippen LogP contribution is 2.59. The highest BCUT2D eigenvalue weighted by atomic mass is 16.5. The first-order valence-corrected chi connectivity index (χ1v) is 16.6. The first-order valence-electron chi connectivity index (χ1n) is 16.6. The number of carbonyl (C=O) groups excluding carboxylic acids is 3. The summed E-state index contributed by atoms with van der Waals surface area (Å²) < 4.78 is 7.15. The van der Waals surface area contributed by atoms with Gasteiger partial charge in [0.1, 0.15) is 11.6 Å². The average molecular weight is 632 g/mol. The van der Waals surface area contributed by atoms with Crippen LogP contribution in [-0.2, 0) is 38.6 Å². The molecule has 0 aromatic heterocycles. The molecule has 4 aliphatic rings. The number of aliphatic hydroxyl groups is 1. The van der Waals surface area contributed by atoms with Crippen molar-refractivity contribution in [1.82, 2.24) is 14.7 Å². The van der Waals surface area contributed by atoms with E-state index in [1.54, 1.807) is 14.7 Å². The molecule has 2 saturated heterocycles. The van der Waals surface area contributed by atoms with Crippen LogP contribution < -0.4 is 0 Å². The summed E-state index contributed by atoms with van der Waals surface area (Å²) in [5.74, 6) is -2.52. The highest BCUT2D eigenvalue weighted by Gasteiger charge is 2.75. The maximum absolute atomic E-state index is 15.0. The van der Waals surface area contributed by atoms with Crippen molar-refractivity contribution in [2.24, 2.45) is 11.8 Å². The molecule has 242 valence electrons. The van der Waals surface area contributed by atoms with E-state index in [2.05, 4.69) is 0 Å². The van der Waals surface area contributed by atoms with Gasteiger partial charge in [-0.05, 0) is 29.5 Å². The second kappa shape index (κ2) is 12.6. The number of rotatable bonds is 9. The lowest BCUT2D eigenvalue weighted by Gasteiger charge is -2.41. The number of fused-ring (bicyclic) bond motifs is 2. The molecule has 0 saturated carbocycles. The molecular weight excluding hydrogens is 590 g/mol. The van der Waals surface area contributed by atoms with Crippen LogP contribution in [0, 0.1) is 11.8 Å². The van der Waals surface area contributed by atoms with E-state index in [1.165, 1.54) is 0 Å². The van der Waals surface area contributed by atoms with Gasteiger partial charge in [-0.3, -0.25) is 14.4 Å². The molecule has 2 fully saturated rings. The minimum absolute atomic E-state index is 0.161. The number of hydrogen-bond acceptors (Lipinski definition) is 5. The van der Waals surface area contributed by atoms with E-state index < -0.39 is 35.1 Å². The van der Waals surface area contributed by atoms with E-state index in [9.17, 15) is 14.7 Å². The molecule has 1 unspecified atom stereocenters. The Bertz CT molecular complexity index is 1680. The summed E-state index contributed by atoms with van der Waals surface area (Å²) in [6.45, 7) is 3.12. The normalized spacial score (nSPS) is 28.9. The third-order valence-corrected chi connectivity index (χ3v) is 10.4. The van der Waals surface area contributed by atoms with E-state index in [4.69, 9.17) is 4.74 Å². The van der Waals surface area contributed by atoms with Crippen molar-refractivity contribution in [2.75, 3.05) is 19.7 Å². The van der Waals surface area contributed by atoms with E-state index in [0.717, 1.165) is 16.7 Å². The molecule has 7 rings (SSSR count). The van der Waals surface area contributed by atoms with Crippen molar-refractivity contribution in [3.63, 3.8) is 0 Å². The predicted octanol–water partition coefficient (Wildman–Crippen LogP) is 4.15. The minimum atomic E-state index is -1.39. The topological polar surface area (TPSA) is 90.4 Å². The van der Waals surface area contributed by atoms with E-state index >= 15 is 4.79 Å². The Morgan fingerprint density at radius 3 is 1.81 bits per heavy atom. The van der Waals surface area contributed by atoms with Crippen LogP contribution >= 0.6 is 0 Å². The van der Waals surface area contributed by atoms with Gasteiger partial charge in [0, 0.05) is 26.2 Å². The number of likely N-dealkylation sites (tertiary alicyclic amines) is 1. The van der Waals surface area contributed by atoms with Crippen LogP contribution in [0.3, 0.4) is 0 Å². The van der Waals surface area contributed by atoms with Gasteiger partial charge in [-0.15, -0.1) is 0 Å². The number of hydrogen-bond donors (Lipinski definition) is 1. The fourth-order valence-corrected chi connectivity index (χ4v) is 8.22. The number of benzene rings is 3. The lowest BCUT2D eigenvalue weighted by atomic mass is 9.73. The molecular formula is C39H41N3O5. The highest BCUT2D eigenvalue weighted by molar-refractivity contribution is 6.00. The van der Waals surface area contributed by atoms with Crippen LogP contribution in [0.1, 0.15) is 30.0 Å². The van der Waals surface area contributed by atoms with Gasteiger partial charge in [0.2, 0.25) is 17.7 Å². The smallest absolute Gasteiger partial charge is 0.249 e. The zero-order valence-corrected chi connectivity index (χ0v) is 26.7. The Morgan fingerprint density at radius 1 is 0.723 bits per heavy atom. The first kappa shape index (κ1) is 31.1. The summed E-state index contributed by atoms with van der Waals surface area (Å²) in [4.78, 5) is 49.7. The van der Waals surface area contributed by atoms with E-state index in [0.29, 0.717) is 39.0 Å². The molecule has 47 heavy (non-hydrogen) atoms. The molecule has 1 N–H and O–H groups in total. The third kappa shape index (κ3) is 5.29. The van der Waals surface area contributed by atoms with Crippen molar-refractivity contribution in [1.29, 1.82) is 0 Å². The predicted molar refractivity (Wildman–Crippen MR) is 177 cm³/mol. The Morgan fingerprint density at radius 2 is 1.26 bits per heavy atom. The van der Waals surface area contributed by atoms with Gasteiger partial charge < -0.3 is 24.5 Å². The van der Waals surface area contributed by atoms with Crippen LogP contribution in [0.15, 0.2) is 115 Å². The monoisotopic (exact) mass is 631 g/mol. The molecule has 4 heterocycles. The summed E-state index contributed by atoms with van der Waals surface area (Å²) in [5, 5.41) is 10.8. The Hall–Kier alpha value is -4.53. The maximum Gasteiger partial charge on any atom is 0.249 e. The van der Waals surface area contributed by atoms with Gasteiger partial charge >= 0.3 is 0 Å². The van der Waals surface area contributed by atoms with Crippen molar-refractivity contribution in [2.45, 2.75) is 56.1 Å². The van der Waals surface area contributed by atoms with Gasteiger partial charge in [-0.25, -0.2) is 0 Å². The van der Waals surface area contributed by atoms with Gasteiger partial charge in [-0.2, -0.15) is 0 Å². The summed E-state index contributed by atoms with van der Waals surface area (Å²) in [6.07, 6.45) is 8.54. The van der Waals surface area contributed by atoms with E-state index in [-0.39, 0.29) is 24.3 Å². The Labute approximate surface area is 275 Å². The molecule has 0 radical (unpaired) electrons. The number of carbonyl (C=O) groups is 3. The molecule has 8 heteroatoms. The van der Waals surface area contributed by atoms with Crippen LogP contribution in [-0.4, -0.2) is 80.5 Å². The molecule has 4 aliphatic heterocycles. The minimum Gasteiger partial charge on any atom is -0.394 e. The van der Waals surface area contributed by atoms with Gasteiger partial charge in [-0.1, -0.05) is 122 Å². The van der Waals surface area contributed by atoms with Crippen molar-refractivity contribution >= 4 is 17.7 Å². The second-order valence-electron chi connectivity index (χ2n) is 13.1. The molecule has 3 amide bonds. The molecule has 0 bridgehead atoms. The maximum atomic E-state index is 15.0. The molecule has 1 spiro atoms. The number of nitrogens with zero attached hydrogens (tertiary/aromatic N) is 3. The first-order chi connectivity index (χ1) is 22.9. The lowest BCUT2D eigenvalue weighted by molar-refractivity contribution is -0.157. The van der Waals surface area contributed by atoms with Crippen molar-refractivity contribution in [3.8, 4) is 0 Å². The van der Waals surface area contributed by atoms with Gasteiger partial charge in [0.25, 0.3) is 0 Å². The van der Waals surface area contributed by atoms with Crippen LogP contribution in [0.2, 0.25) is 0 Å². The van der Waals surface area contributed by atoms with Crippen LogP contribution in [0.25, 0.3) is 0 Å². The molecule has 6 atom stereocenters. The number of amides is 3. The molecule has 3 aromatic carbocycles. The number of aliphatic hydroxyl groups excluding tert-OH is 1. The zero-order valence-electron chi connectivity index (χ0n) is 26.7. The zero-order chi connectivity index (χ0) is 32.6. The summed E-state index contributed by atoms with van der Waals surface area (Å²) >= 11 is 0. The molecule has 8 nitrogen and oxygen atoms in total. The SMILES string of the molecule is CC[C@@]12C=CCN(Cc3ccccc3)C(=O)[C@@H]1[C@H]1C(=O)N([C@@H](CO)Cc3ccccc3)C3C(=O)N(Cc4ccccc4)CC=C[C@@]31O2. The van der Waals surface area contributed by atoms with Crippen molar-refractivity contribution < 1.29 is 24.2 Å². The van der Waals surface area contributed by atoms with E-state index in [1.807, 2.05) is 122 Å². The molecule has 3 aromatic rings. The quantitative estimate of drug-likeness (QED) is 0.359. The van der Waals surface area contributed by atoms with Gasteiger partial charge in [0.05, 0.1) is 30.1 Å². The fraction of sp³-hybridized carbons (Fsp3) is 0.359. The summed E-state index contributed by atoms with van der Waals surface area (Å²) in [7, 11) is 0. The number of ether oxygens (including phenoxy) is 1. The van der Waals surface area contributed by atoms with Gasteiger partial charge in [0.15, 0.2) is 0 Å². The Kier molecular flexibility index (Phi) is 8.32. The van der Waals surface area contributed by atoms with Crippen molar-refractivity contribution in [3.05, 3.63) is 132 Å². The van der Waals surface area contributed by atoms with Crippen LogP contribution in [0.5, 0.6) is 0 Å². The largest absolute Gasteiger partial charge is 0.394 e. The third-order valence-electron chi connectivity index (χ3n) is 10.4. The standard InChI is InChI=1S/C39H41N3O5/c1-2-38-20-12-22-40(25-29-16-8-4-9-17-29)35(44)32(38)33-36(45)42(31(27-43)24-28-14-6-3-7-15-28)34-37(46)41(23-13-21-39(33,34)47-38)26-30-18-10-5-11-19-30/h3-21,31-34,43H,2,22-27H2,1H3/t31-,32+,33+,34?,38-,39+/m1/s1. The second-order valence-corrected chi connectivity index (χ2v) is 13.1. The molecule has 0 aliphatic carbocycles. The van der Waals surface area contributed by atoms with Crippen LogP contribution in [0.4, 0.5) is 0 Å². The summed E-state index contributed by atoms with van der Waals surface area (Å²) in [5.41, 5.74) is 0.446. The average Bonchev–Trinajstić information content (AvgIpc) is 3.41. The summed E-state index contributed by atoms with van der Waals surface area (Å²) in [6, 6.07) is 27.5. The fourth-order valence-electron chi connectivity index (χ4n) is 8.22.